The zero-order chi connectivity index (χ0) is 18.8. The fourth-order valence-electron chi connectivity index (χ4n) is 3.68. The van der Waals surface area contributed by atoms with Crippen molar-refractivity contribution < 1.29 is 9.21 Å². The summed E-state index contributed by atoms with van der Waals surface area (Å²) in [4.78, 5) is 14.9. The van der Waals surface area contributed by atoms with Crippen LogP contribution >= 0.6 is 0 Å². The molecule has 0 unspecified atom stereocenters. The first kappa shape index (κ1) is 17.5. The van der Waals surface area contributed by atoms with Crippen LogP contribution in [0.15, 0.2) is 52.9 Å². The quantitative estimate of drug-likeness (QED) is 0.695. The second kappa shape index (κ2) is 7.35. The number of hydrogen-bond donors (Lipinski definition) is 0. The third-order valence-electron chi connectivity index (χ3n) is 5.13. The van der Waals surface area contributed by atoms with E-state index in [0.29, 0.717) is 18.3 Å². The molecule has 0 saturated carbocycles. The number of amides is 1. The minimum Gasteiger partial charge on any atom is -0.420 e. The number of nitrogens with zero attached hydrogens (tertiary/aromatic N) is 3. The number of rotatable bonds is 3. The van der Waals surface area contributed by atoms with E-state index in [1.54, 1.807) is 0 Å². The summed E-state index contributed by atoms with van der Waals surface area (Å²) in [6, 6.07) is 15.7. The Kier molecular flexibility index (Phi) is 4.75. The standard InChI is InChI=1S/C22H23N3O2/c1-15-10-11-19(16(2)13-15)22(26)25-12-6-9-18(14-25)21-24-23-20(27-21)17-7-4-3-5-8-17/h3-5,7-8,10-11,13,18H,6,9,12,14H2,1-2H3/t18-/m1/s1. The molecule has 1 saturated heterocycles. The van der Waals surface area contributed by atoms with Crippen molar-refractivity contribution in [3.8, 4) is 11.5 Å². The molecule has 0 N–H and O–H groups in total. The number of likely N-dealkylation sites (tertiary alicyclic amines) is 1. The number of carbonyl (C=O) groups is 1. The zero-order valence-electron chi connectivity index (χ0n) is 15.7. The average molecular weight is 361 g/mol. The van der Waals surface area contributed by atoms with Crippen molar-refractivity contribution >= 4 is 5.91 Å². The van der Waals surface area contributed by atoms with Crippen LogP contribution in [0.4, 0.5) is 0 Å². The number of piperidine rings is 1. The van der Waals surface area contributed by atoms with E-state index in [1.165, 1.54) is 5.56 Å². The number of carbonyl (C=O) groups excluding carboxylic acids is 1. The van der Waals surface area contributed by atoms with Gasteiger partial charge in [0, 0.05) is 24.2 Å². The van der Waals surface area contributed by atoms with Gasteiger partial charge in [0.05, 0.1) is 5.92 Å². The number of hydrogen-bond acceptors (Lipinski definition) is 4. The fourth-order valence-corrected chi connectivity index (χ4v) is 3.68. The molecule has 1 fully saturated rings. The van der Waals surface area contributed by atoms with E-state index in [2.05, 4.69) is 16.3 Å². The van der Waals surface area contributed by atoms with Gasteiger partial charge in [-0.05, 0) is 50.5 Å². The van der Waals surface area contributed by atoms with Crippen LogP contribution in [0.1, 0.15) is 46.1 Å². The van der Waals surface area contributed by atoms with Crippen LogP contribution in [0, 0.1) is 13.8 Å². The Bertz CT molecular complexity index is 949. The summed E-state index contributed by atoms with van der Waals surface area (Å²) in [7, 11) is 0. The van der Waals surface area contributed by atoms with E-state index in [4.69, 9.17) is 4.42 Å². The average Bonchev–Trinajstić information content (AvgIpc) is 3.19. The monoisotopic (exact) mass is 361 g/mol. The molecule has 0 radical (unpaired) electrons. The van der Waals surface area contributed by atoms with Crippen molar-refractivity contribution in [3.63, 3.8) is 0 Å². The summed E-state index contributed by atoms with van der Waals surface area (Å²) in [5.74, 6) is 1.31. The molecule has 5 nitrogen and oxygen atoms in total. The lowest BCUT2D eigenvalue weighted by Gasteiger charge is -2.31. The van der Waals surface area contributed by atoms with Gasteiger partial charge in [-0.2, -0.15) is 0 Å². The Hall–Kier alpha value is -2.95. The normalized spacial score (nSPS) is 17.1. The molecule has 27 heavy (non-hydrogen) atoms. The van der Waals surface area contributed by atoms with Crippen LogP contribution in [-0.4, -0.2) is 34.1 Å². The molecular formula is C22H23N3O2. The Morgan fingerprint density at radius 3 is 2.70 bits per heavy atom. The number of benzene rings is 2. The summed E-state index contributed by atoms with van der Waals surface area (Å²) in [6.07, 6.45) is 1.89. The highest BCUT2D eigenvalue weighted by atomic mass is 16.4. The lowest BCUT2D eigenvalue weighted by Crippen LogP contribution is -2.39. The highest BCUT2D eigenvalue weighted by Crippen LogP contribution is 2.29. The maximum Gasteiger partial charge on any atom is 0.254 e. The third kappa shape index (κ3) is 3.63. The Balaban J connectivity index is 1.51. The van der Waals surface area contributed by atoms with Gasteiger partial charge in [-0.15, -0.1) is 10.2 Å². The van der Waals surface area contributed by atoms with Crippen molar-refractivity contribution in [2.24, 2.45) is 0 Å². The predicted molar refractivity (Wildman–Crippen MR) is 104 cm³/mol. The van der Waals surface area contributed by atoms with Crippen molar-refractivity contribution in [3.05, 3.63) is 71.1 Å². The summed E-state index contributed by atoms with van der Waals surface area (Å²) >= 11 is 0. The van der Waals surface area contributed by atoms with Crippen LogP contribution in [-0.2, 0) is 0 Å². The van der Waals surface area contributed by atoms with Gasteiger partial charge in [-0.25, -0.2) is 0 Å². The molecule has 2 aromatic carbocycles. The maximum absolute atomic E-state index is 13.0. The number of aryl methyl sites for hydroxylation is 2. The molecule has 0 aliphatic carbocycles. The van der Waals surface area contributed by atoms with E-state index in [-0.39, 0.29) is 11.8 Å². The third-order valence-corrected chi connectivity index (χ3v) is 5.13. The van der Waals surface area contributed by atoms with Gasteiger partial charge in [0.25, 0.3) is 5.91 Å². The van der Waals surface area contributed by atoms with Crippen molar-refractivity contribution in [2.75, 3.05) is 13.1 Å². The lowest BCUT2D eigenvalue weighted by molar-refractivity contribution is 0.0697. The fraction of sp³-hybridized carbons (Fsp3) is 0.318. The minimum absolute atomic E-state index is 0.0819. The minimum atomic E-state index is 0.0819. The first-order valence-corrected chi connectivity index (χ1v) is 9.37. The highest BCUT2D eigenvalue weighted by Gasteiger charge is 2.29. The predicted octanol–water partition coefficient (Wildman–Crippen LogP) is 4.37. The molecule has 4 rings (SSSR count). The molecule has 1 amide bonds. The van der Waals surface area contributed by atoms with Gasteiger partial charge >= 0.3 is 0 Å². The summed E-state index contributed by atoms with van der Waals surface area (Å²) < 4.78 is 5.92. The zero-order valence-corrected chi connectivity index (χ0v) is 15.7. The van der Waals surface area contributed by atoms with Gasteiger partial charge in [0.15, 0.2) is 0 Å². The highest BCUT2D eigenvalue weighted by molar-refractivity contribution is 5.95. The van der Waals surface area contributed by atoms with E-state index in [1.807, 2.05) is 61.2 Å². The molecule has 1 aliphatic rings. The summed E-state index contributed by atoms with van der Waals surface area (Å²) in [6.45, 7) is 5.41. The lowest BCUT2D eigenvalue weighted by atomic mass is 9.96. The Morgan fingerprint density at radius 2 is 1.93 bits per heavy atom. The molecule has 5 heteroatoms. The molecule has 1 aromatic heterocycles. The van der Waals surface area contributed by atoms with E-state index in [0.717, 1.165) is 36.1 Å². The van der Waals surface area contributed by atoms with Crippen LogP contribution in [0.25, 0.3) is 11.5 Å². The molecule has 1 aliphatic heterocycles. The summed E-state index contributed by atoms with van der Waals surface area (Å²) in [5.41, 5.74) is 3.87. The first-order valence-electron chi connectivity index (χ1n) is 9.37. The summed E-state index contributed by atoms with van der Waals surface area (Å²) in [5, 5.41) is 8.45. The van der Waals surface area contributed by atoms with Crippen molar-refractivity contribution in [1.29, 1.82) is 0 Å². The second-order valence-corrected chi connectivity index (χ2v) is 7.22. The second-order valence-electron chi connectivity index (χ2n) is 7.22. The van der Waals surface area contributed by atoms with E-state index >= 15 is 0 Å². The van der Waals surface area contributed by atoms with Crippen LogP contribution in [0.5, 0.6) is 0 Å². The van der Waals surface area contributed by atoms with E-state index < -0.39 is 0 Å². The molecule has 0 bridgehead atoms. The molecule has 3 aromatic rings. The van der Waals surface area contributed by atoms with E-state index in [9.17, 15) is 4.79 Å². The molecular weight excluding hydrogens is 338 g/mol. The van der Waals surface area contributed by atoms with Gasteiger partial charge in [-0.1, -0.05) is 35.9 Å². The van der Waals surface area contributed by atoms with Gasteiger partial charge in [-0.3, -0.25) is 4.79 Å². The van der Waals surface area contributed by atoms with Crippen molar-refractivity contribution in [1.82, 2.24) is 15.1 Å². The molecule has 0 spiro atoms. The SMILES string of the molecule is Cc1ccc(C(=O)N2CCC[C@@H](c3nnc(-c4ccccc4)o3)C2)c(C)c1. The largest absolute Gasteiger partial charge is 0.420 e. The maximum atomic E-state index is 13.0. The van der Waals surface area contributed by atoms with Gasteiger partial charge in [0.1, 0.15) is 0 Å². The molecule has 1 atom stereocenters. The first-order chi connectivity index (χ1) is 13.1. The van der Waals surface area contributed by atoms with Gasteiger partial charge in [0.2, 0.25) is 11.8 Å². The van der Waals surface area contributed by atoms with Crippen LogP contribution < -0.4 is 0 Å². The number of aromatic nitrogens is 2. The molecule has 138 valence electrons. The molecule has 2 heterocycles. The smallest absolute Gasteiger partial charge is 0.254 e. The van der Waals surface area contributed by atoms with Crippen LogP contribution in [0.3, 0.4) is 0 Å². The van der Waals surface area contributed by atoms with Crippen LogP contribution in [0.2, 0.25) is 0 Å². The Labute approximate surface area is 159 Å². The van der Waals surface area contributed by atoms with Crippen molar-refractivity contribution in [2.45, 2.75) is 32.6 Å². The topological polar surface area (TPSA) is 59.2 Å². The Morgan fingerprint density at radius 1 is 1.11 bits per heavy atom. The van der Waals surface area contributed by atoms with Gasteiger partial charge < -0.3 is 9.32 Å².